The second-order valence-corrected chi connectivity index (χ2v) is 6.36. The number of nitrogens with zero attached hydrogens (tertiary/aromatic N) is 1. The van der Waals surface area contributed by atoms with Crippen LogP contribution in [-0.4, -0.2) is 49.0 Å². The standard InChI is InChI=1S/C12H15Cl2NO3.C5H11N/c13-5-7-15(8-6-14)10-3-1-9(2-4-10)11(16)12(17)18;1-2-4-6-5-3-1/h1-4,11,16H,5-8H2,(H,17,18);6H,1-5H2. The summed E-state index contributed by atoms with van der Waals surface area (Å²) in [5, 5.41) is 22.2. The Labute approximate surface area is 153 Å². The number of halogens is 2. The van der Waals surface area contributed by atoms with Gasteiger partial charge < -0.3 is 25.2 Å². The monoisotopic (exact) mass is 376 g/mol. The molecule has 1 aliphatic heterocycles. The van der Waals surface area contributed by atoms with Crippen molar-refractivity contribution in [1.29, 1.82) is 0 Å². The van der Waals surface area contributed by atoms with Crippen LogP contribution in [0.4, 0.5) is 5.69 Å². The van der Waals surface area contributed by atoms with Gasteiger partial charge in [-0.15, -0.1) is 23.2 Å². The van der Waals surface area contributed by atoms with Gasteiger partial charge in [0.05, 0.1) is 19.1 Å². The van der Waals surface area contributed by atoms with E-state index in [1.807, 2.05) is 4.90 Å². The lowest BCUT2D eigenvalue weighted by molar-refractivity contribution is -0.662. The van der Waals surface area contributed by atoms with E-state index < -0.39 is 12.1 Å². The van der Waals surface area contributed by atoms with Crippen LogP contribution in [0.2, 0.25) is 0 Å². The van der Waals surface area contributed by atoms with Crippen LogP contribution < -0.4 is 15.3 Å². The van der Waals surface area contributed by atoms with Crippen LogP contribution in [0.3, 0.4) is 0 Å². The number of aliphatic hydroxyl groups is 1. The van der Waals surface area contributed by atoms with Crippen LogP contribution in [0.25, 0.3) is 0 Å². The predicted octanol–water partition coefficient (Wildman–Crippen LogP) is 0.488. The number of alkyl halides is 2. The summed E-state index contributed by atoms with van der Waals surface area (Å²) in [5.41, 5.74) is 1.17. The van der Waals surface area contributed by atoms with Gasteiger partial charge >= 0.3 is 0 Å². The summed E-state index contributed by atoms with van der Waals surface area (Å²) in [6.07, 6.45) is 2.75. The zero-order valence-corrected chi connectivity index (χ0v) is 15.3. The lowest BCUT2D eigenvalue weighted by Gasteiger charge is -2.23. The minimum absolute atomic E-state index is 0.287. The Hall–Kier alpha value is -1.01. The predicted molar refractivity (Wildman–Crippen MR) is 95.6 cm³/mol. The van der Waals surface area contributed by atoms with Gasteiger partial charge in [-0.25, -0.2) is 0 Å². The van der Waals surface area contributed by atoms with E-state index in [0.29, 0.717) is 24.8 Å². The van der Waals surface area contributed by atoms with Crippen LogP contribution in [-0.2, 0) is 4.79 Å². The summed E-state index contributed by atoms with van der Waals surface area (Å²) in [5.74, 6) is -0.568. The Morgan fingerprint density at radius 1 is 1.12 bits per heavy atom. The average Bonchev–Trinajstić information content (AvgIpc) is 2.63. The molecule has 1 unspecified atom stereocenters. The van der Waals surface area contributed by atoms with Crippen LogP contribution in [0.1, 0.15) is 30.9 Å². The molecule has 1 aromatic carbocycles. The number of carbonyl (C=O) groups excluding carboxylic acids is 1. The molecule has 0 aliphatic carbocycles. The van der Waals surface area contributed by atoms with Crippen molar-refractivity contribution >= 4 is 34.9 Å². The van der Waals surface area contributed by atoms with Gasteiger partial charge in [0.2, 0.25) is 0 Å². The zero-order valence-electron chi connectivity index (χ0n) is 13.8. The van der Waals surface area contributed by atoms with Gasteiger partial charge in [0, 0.05) is 30.5 Å². The molecule has 7 heteroatoms. The number of aliphatic hydroxyl groups excluding tert-OH is 1. The van der Waals surface area contributed by atoms with Crippen LogP contribution >= 0.6 is 23.2 Å². The number of rotatable bonds is 7. The second kappa shape index (κ2) is 12.4. The molecule has 0 amide bonds. The molecule has 3 N–H and O–H groups in total. The Morgan fingerprint density at radius 3 is 2.00 bits per heavy atom. The third-order valence-electron chi connectivity index (χ3n) is 3.82. The highest BCUT2D eigenvalue weighted by atomic mass is 35.5. The van der Waals surface area contributed by atoms with Crippen molar-refractivity contribution in [3.63, 3.8) is 0 Å². The molecule has 1 fully saturated rings. The molecule has 0 aromatic heterocycles. The highest BCUT2D eigenvalue weighted by molar-refractivity contribution is 6.18. The number of hydrogen-bond donors (Lipinski definition) is 2. The summed E-state index contributed by atoms with van der Waals surface area (Å²) in [4.78, 5) is 12.5. The largest absolute Gasteiger partial charge is 0.547 e. The molecule has 0 bridgehead atoms. The quantitative estimate of drug-likeness (QED) is 0.678. The van der Waals surface area contributed by atoms with E-state index in [4.69, 9.17) is 23.2 Å². The van der Waals surface area contributed by atoms with E-state index >= 15 is 0 Å². The lowest BCUT2D eigenvalue weighted by atomic mass is 10.1. The van der Waals surface area contributed by atoms with Crippen molar-refractivity contribution in [2.24, 2.45) is 0 Å². The second-order valence-electron chi connectivity index (χ2n) is 5.60. The van der Waals surface area contributed by atoms with Crippen molar-refractivity contribution < 1.29 is 20.3 Å². The minimum Gasteiger partial charge on any atom is -0.547 e. The third kappa shape index (κ3) is 7.71. The Bertz CT molecular complexity index is 450. The SMILES string of the molecule is C1CC[NH2+]CC1.O=C([O-])C(O)c1ccc(N(CCCl)CCCl)cc1. The molecule has 1 aliphatic rings. The number of piperidine rings is 1. The molecule has 0 radical (unpaired) electrons. The van der Waals surface area contributed by atoms with Crippen molar-refractivity contribution in [1.82, 2.24) is 0 Å². The Balaban J connectivity index is 0.000000400. The maximum atomic E-state index is 10.5. The highest BCUT2D eigenvalue weighted by Gasteiger charge is 2.10. The lowest BCUT2D eigenvalue weighted by Crippen LogP contribution is -2.85. The molecule has 5 nitrogen and oxygen atoms in total. The number of quaternary nitrogens is 1. The van der Waals surface area contributed by atoms with E-state index in [0.717, 1.165) is 5.69 Å². The third-order valence-corrected chi connectivity index (χ3v) is 4.16. The maximum Gasteiger partial charge on any atom is 0.118 e. The zero-order chi connectivity index (χ0) is 17.8. The molecular weight excluding hydrogens is 351 g/mol. The van der Waals surface area contributed by atoms with Crippen LogP contribution in [0, 0.1) is 0 Å². The molecule has 0 saturated carbocycles. The van der Waals surface area contributed by atoms with E-state index in [1.54, 1.807) is 24.3 Å². The van der Waals surface area contributed by atoms with Gasteiger partial charge in [0.25, 0.3) is 0 Å². The molecule has 1 aromatic rings. The molecule has 1 saturated heterocycles. The van der Waals surface area contributed by atoms with Crippen LogP contribution in [0.15, 0.2) is 24.3 Å². The average molecular weight is 377 g/mol. The van der Waals surface area contributed by atoms with E-state index in [9.17, 15) is 15.0 Å². The van der Waals surface area contributed by atoms with Gasteiger partial charge in [0.1, 0.15) is 6.10 Å². The fourth-order valence-electron chi connectivity index (χ4n) is 2.48. The fourth-order valence-corrected chi connectivity index (χ4v) is 2.88. The Kier molecular flexibility index (Phi) is 10.8. The Morgan fingerprint density at radius 2 is 1.67 bits per heavy atom. The van der Waals surface area contributed by atoms with E-state index in [2.05, 4.69) is 5.32 Å². The van der Waals surface area contributed by atoms with Crippen molar-refractivity contribution in [3.05, 3.63) is 29.8 Å². The minimum atomic E-state index is -1.60. The topological polar surface area (TPSA) is 80.2 Å². The molecule has 0 spiro atoms. The summed E-state index contributed by atoms with van der Waals surface area (Å²) < 4.78 is 0. The smallest absolute Gasteiger partial charge is 0.118 e. The van der Waals surface area contributed by atoms with E-state index in [1.165, 1.54) is 32.4 Å². The molecule has 24 heavy (non-hydrogen) atoms. The number of benzene rings is 1. The summed E-state index contributed by atoms with van der Waals surface area (Å²) in [6, 6.07) is 6.54. The molecule has 1 atom stereocenters. The molecule has 136 valence electrons. The number of carbonyl (C=O) groups is 1. The van der Waals surface area contributed by atoms with E-state index in [-0.39, 0.29) is 5.56 Å². The fraction of sp³-hybridized carbons (Fsp3) is 0.588. The first kappa shape index (κ1) is 21.0. The summed E-state index contributed by atoms with van der Waals surface area (Å²) in [6.45, 7) is 4.05. The molecule has 1 heterocycles. The number of aliphatic carboxylic acids is 1. The van der Waals surface area contributed by atoms with Gasteiger partial charge in [-0.05, 0) is 37.0 Å². The first-order valence-corrected chi connectivity index (χ1v) is 9.34. The van der Waals surface area contributed by atoms with Gasteiger partial charge in [-0.2, -0.15) is 0 Å². The first-order valence-electron chi connectivity index (χ1n) is 8.27. The van der Waals surface area contributed by atoms with Gasteiger partial charge in [-0.3, -0.25) is 0 Å². The van der Waals surface area contributed by atoms with Crippen molar-refractivity contribution in [2.45, 2.75) is 25.4 Å². The maximum absolute atomic E-state index is 10.5. The first-order chi connectivity index (χ1) is 11.6. The number of nitrogens with two attached hydrogens (primary N) is 1. The summed E-state index contributed by atoms with van der Waals surface area (Å²) >= 11 is 11.4. The van der Waals surface area contributed by atoms with Gasteiger partial charge in [0.15, 0.2) is 0 Å². The number of anilines is 1. The van der Waals surface area contributed by atoms with Gasteiger partial charge in [-0.1, -0.05) is 12.1 Å². The van der Waals surface area contributed by atoms with Crippen molar-refractivity contribution in [2.75, 3.05) is 42.8 Å². The number of hydrogen-bond acceptors (Lipinski definition) is 4. The highest BCUT2D eigenvalue weighted by Crippen LogP contribution is 2.19. The van der Waals surface area contributed by atoms with Crippen molar-refractivity contribution in [3.8, 4) is 0 Å². The molecule has 2 rings (SSSR count). The molecular formula is C17H26Cl2N2O3. The van der Waals surface area contributed by atoms with Crippen LogP contribution in [0.5, 0.6) is 0 Å². The summed E-state index contributed by atoms with van der Waals surface area (Å²) in [7, 11) is 0. The normalized spacial score (nSPS) is 15.1. The number of carboxylic acid groups (broad SMARTS) is 1. The number of carboxylic acids is 1.